The van der Waals surface area contributed by atoms with Crippen LogP contribution in [-0.4, -0.2) is 15.6 Å². The zero-order valence-corrected chi connectivity index (χ0v) is 21.0. The molecule has 0 N–H and O–H groups in total. The highest BCUT2D eigenvalue weighted by molar-refractivity contribution is 6.32. The second-order valence-corrected chi connectivity index (χ2v) is 11.3. The molecule has 2 aliphatic rings. The van der Waals surface area contributed by atoms with E-state index in [1.807, 2.05) is 29.1 Å². The first-order chi connectivity index (χ1) is 17.0. The van der Waals surface area contributed by atoms with Crippen molar-refractivity contribution in [2.45, 2.75) is 52.0 Å². The third-order valence-electron chi connectivity index (χ3n) is 8.33. The number of carbonyl (C=O) groups is 1. The van der Waals surface area contributed by atoms with Gasteiger partial charge in [0.15, 0.2) is 5.78 Å². The van der Waals surface area contributed by atoms with E-state index >= 15 is 0 Å². The van der Waals surface area contributed by atoms with Crippen LogP contribution in [0.4, 0.5) is 0 Å². The number of fused-ring (bicyclic) bond motifs is 1. The summed E-state index contributed by atoms with van der Waals surface area (Å²) < 4.78 is 1.95. The first-order valence-corrected chi connectivity index (χ1v) is 13.2. The number of ketones is 1. The van der Waals surface area contributed by atoms with E-state index in [-0.39, 0.29) is 5.78 Å². The number of nitrogens with zero attached hydrogens (tertiary/aromatic N) is 2. The number of benzene rings is 3. The summed E-state index contributed by atoms with van der Waals surface area (Å²) >= 11 is 6.42. The van der Waals surface area contributed by atoms with Gasteiger partial charge in [0.25, 0.3) is 0 Å². The number of hydrogen-bond acceptors (Lipinski definition) is 2. The van der Waals surface area contributed by atoms with Gasteiger partial charge in [0.2, 0.25) is 0 Å². The van der Waals surface area contributed by atoms with Crippen LogP contribution >= 0.6 is 11.6 Å². The van der Waals surface area contributed by atoms with Gasteiger partial charge in [-0.05, 0) is 71.8 Å². The van der Waals surface area contributed by atoms with Gasteiger partial charge in [0.1, 0.15) is 0 Å². The summed E-state index contributed by atoms with van der Waals surface area (Å²) in [4.78, 5) is 13.5. The molecule has 0 saturated heterocycles. The summed E-state index contributed by atoms with van der Waals surface area (Å²) in [6, 6.07) is 22.7. The van der Waals surface area contributed by atoms with Crippen molar-refractivity contribution in [1.29, 1.82) is 0 Å². The quantitative estimate of drug-likeness (QED) is 0.249. The van der Waals surface area contributed by atoms with Crippen LogP contribution in [0.1, 0.15) is 61.4 Å². The maximum Gasteiger partial charge on any atom is 0.165 e. The van der Waals surface area contributed by atoms with Crippen LogP contribution in [-0.2, 0) is 6.54 Å². The maximum atomic E-state index is 13.5. The molecule has 3 aromatic carbocycles. The predicted octanol–water partition coefficient (Wildman–Crippen LogP) is 8.19. The van der Waals surface area contributed by atoms with Gasteiger partial charge < -0.3 is 0 Å². The van der Waals surface area contributed by atoms with Crippen molar-refractivity contribution in [2.24, 2.45) is 17.3 Å². The molecule has 1 aromatic heterocycles. The molecule has 0 atom stereocenters. The van der Waals surface area contributed by atoms with Crippen LogP contribution in [0.5, 0.6) is 0 Å². The van der Waals surface area contributed by atoms with Crippen molar-refractivity contribution in [2.75, 3.05) is 0 Å². The van der Waals surface area contributed by atoms with Gasteiger partial charge in [-0.15, -0.1) is 0 Å². The zero-order valence-electron chi connectivity index (χ0n) is 20.2. The number of hydrogen-bond donors (Lipinski definition) is 0. The minimum Gasteiger partial charge on any atom is -0.294 e. The highest BCUT2D eigenvalue weighted by atomic mass is 35.5. The molecule has 0 unspecified atom stereocenters. The molecule has 2 aliphatic carbocycles. The van der Waals surface area contributed by atoms with E-state index in [0.717, 1.165) is 22.4 Å². The van der Waals surface area contributed by atoms with Gasteiger partial charge in [0.05, 0.1) is 18.3 Å². The predicted molar refractivity (Wildman–Crippen MR) is 143 cm³/mol. The molecule has 4 aromatic rings. The summed E-state index contributed by atoms with van der Waals surface area (Å²) in [7, 11) is 0. The molecule has 3 nitrogen and oxygen atoms in total. The molecule has 2 fully saturated rings. The Balaban J connectivity index is 1.21. The average molecular weight is 483 g/mol. The monoisotopic (exact) mass is 482 g/mol. The summed E-state index contributed by atoms with van der Waals surface area (Å²) in [5.41, 5.74) is 5.72. The molecule has 0 amide bonds. The molecule has 6 rings (SSSR count). The van der Waals surface area contributed by atoms with E-state index in [2.05, 4.69) is 60.6 Å². The Morgan fingerprint density at radius 1 is 0.971 bits per heavy atom. The van der Waals surface area contributed by atoms with Crippen molar-refractivity contribution in [3.63, 3.8) is 0 Å². The molecular formula is C31H31ClN2O. The lowest BCUT2D eigenvalue weighted by Gasteiger charge is -2.58. The first kappa shape index (κ1) is 22.5. The Kier molecular flexibility index (Phi) is 5.76. The van der Waals surface area contributed by atoms with Crippen molar-refractivity contribution < 1.29 is 4.79 Å². The Morgan fingerprint density at radius 2 is 1.66 bits per heavy atom. The first-order valence-electron chi connectivity index (χ1n) is 12.8. The standard InChI is InChI=1S/C31H31ClN2O/c1-2-21-15-31(16-21)17-23(18-31)12-29(35)28-14-27(32)13-26-19-33-34(30(26)28)20-22-8-10-25(11-9-22)24-6-4-3-5-7-24/h3-11,13-14,19,21,23H,2,12,15-18,20H2,1H3. The van der Waals surface area contributed by atoms with Gasteiger partial charge >= 0.3 is 0 Å². The molecule has 0 aliphatic heterocycles. The zero-order chi connectivity index (χ0) is 24.0. The van der Waals surface area contributed by atoms with Gasteiger partial charge in [-0.3, -0.25) is 9.48 Å². The largest absolute Gasteiger partial charge is 0.294 e. The van der Waals surface area contributed by atoms with Gasteiger partial charge in [0, 0.05) is 22.4 Å². The van der Waals surface area contributed by atoms with Gasteiger partial charge in [-0.1, -0.05) is 79.5 Å². The molecule has 1 spiro atoms. The van der Waals surface area contributed by atoms with E-state index in [1.165, 1.54) is 43.2 Å². The van der Waals surface area contributed by atoms with Crippen LogP contribution in [0, 0.1) is 17.3 Å². The number of aromatic nitrogens is 2. The maximum absolute atomic E-state index is 13.5. The van der Waals surface area contributed by atoms with Gasteiger partial charge in [-0.2, -0.15) is 5.10 Å². The van der Waals surface area contributed by atoms with E-state index in [1.54, 1.807) is 0 Å². The Morgan fingerprint density at radius 3 is 2.37 bits per heavy atom. The lowest BCUT2D eigenvalue weighted by molar-refractivity contribution is -0.0683. The highest BCUT2D eigenvalue weighted by Crippen LogP contribution is 2.62. The summed E-state index contributed by atoms with van der Waals surface area (Å²) in [5.74, 6) is 1.62. The van der Waals surface area contributed by atoms with Crippen LogP contribution in [0.15, 0.2) is 72.9 Å². The Labute approximate surface area is 212 Å². The highest BCUT2D eigenvalue weighted by Gasteiger charge is 2.52. The minimum atomic E-state index is 0.199. The molecule has 2 saturated carbocycles. The topological polar surface area (TPSA) is 34.9 Å². The smallest absolute Gasteiger partial charge is 0.165 e. The third-order valence-corrected chi connectivity index (χ3v) is 8.55. The molecule has 178 valence electrons. The molecular weight excluding hydrogens is 452 g/mol. The normalized spacial score (nSPS) is 23.3. The summed E-state index contributed by atoms with van der Waals surface area (Å²) in [5, 5.41) is 6.16. The van der Waals surface area contributed by atoms with E-state index in [0.29, 0.717) is 34.9 Å². The third kappa shape index (κ3) is 4.31. The van der Waals surface area contributed by atoms with E-state index in [9.17, 15) is 4.79 Å². The Hall–Kier alpha value is -2.91. The van der Waals surface area contributed by atoms with Crippen molar-refractivity contribution >= 4 is 28.3 Å². The molecule has 0 bridgehead atoms. The molecule has 4 heteroatoms. The number of Topliss-reactive ketones (excluding diaryl/α,β-unsaturated/α-hetero) is 1. The Bertz CT molecular complexity index is 1360. The van der Waals surface area contributed by atoms with Crippen LogP contribution in [0.25, 0.3) is 22.0 Å². The van der Waals surface area contributed by atoms with E-state index < -0.39 is 0 Å². The molecule has 35 heavy (non-hydrogen) atoms. The van der Waals surface area contributed by atoms with Crippen molar-refractivity contribution in [3.05, 3.63) is 89.1 Å². The summed E-state index contributed by atoms with van der Waals surface area (Å²) in [6.45, 7) is 2.91. The van der Waals surface area contributed by atoms with Crippen LogP contribution in [0.2, 0.25) is 5.02 Å². The second kappa shape index (κ2) is 8.95. The second-order valence-electron chi connectivity index (χ2n) is 10.8. The lowest BCUT2D eigenvalue weighted by atomic mass is 9.47. The average Bonchev–Trinajstić information content (AvgIpc) is 3.22. The fraction of sp³-hybridized carbons (Fsp3) is 0.355. The molecule has 1 heterocycles. The van der Waals surface area contributed by atoms with Crippen LogP contribution in [0.3, 0.4) is 0 Å². The number of halogens is 1. The summed E-state index contributed by atoms with van der Waals surface area (Å²) in [6.07, 6.45) is 8.90. The molecule has 0 radical (unpaired) electrons. The van der Waals surface area contributed by atoms with Crippen LogP contribution < -0.4 is 0 Å². The number of carbonyl (C=O) groups excluding carboxylic acids is 1. The van der Waals surface area contributed by atoms with Crippen molar-refractivity contribution in [3.8, 4) is 11.1 Å². The fourth-order valence-corrected chi connectivity index (χ4v) is 6.83. The van der Waals surface area contributed by atoms with E-state index in [4.69, 9.17) is 11.6 Å². The fourth-order valence-electron chi connectivity index (χ4n) is 6.60. The van der Waals surface area contributed by atoms with Crippen molar-refractivity contribution in [1.82, 2.24) is 9.78 Å². The van der Waals surface area contributed by atoms with Gasteiger partial charge in [-0.25, -0.2) is 0 Å². The number of rotatable bonds is 7. The SMILES string of the molecule is CCC1CC2(C1)CC(CC(=O)c1cc(Cl)cc3cnn(Cc4ccc(-c5ccccc5)cc4)c13)C2. The lowest BCUT2D eigenvalue weighted by Crippen LogP contribution is -2.47. The minimum absolute atomic E-state index is 0.199.